The highest BCUT2D eigenvalue weighted by Crippen LogP contribution is 2.44. The van der Waals surface area contributed by atoms with Gasteiger partial charge in [0.05, 0.1) is 5.52 Å². The van der Waals surface area contributed by atoms with Crippen LogP contribution in [0.3, 0.4) is 0 Å². The van der Waals surface area contributed by atoms with E-state index in [1.165, 1.54) is 104 Å². The smallest absolute Gasteiger partial charge is 0.0702 e. The van der Waals surface area contributed by atoms with E-state index in [0.717, 1.165) is 39.6 Å². The molecule has 0 radical (unpaired) electrons. The maximum Gasteiger partial charge on any atom is 0.0702 e. The third kappa shape index (κ3) is 6.64. The average molecular weight is 842 g/mol. The molecule has 0 fully saturated rings. The van der Waals surface area contributed by atoms with Crippen LogP contribution in [0.15, 0.2) is 214 Å². The van der Waals surface area contributed by atoms with E-state index in [0.29, 0.717) is 0 Å². The van der Waals surface area contributed by atoms with Crippen molar-refractivity contribution in [2.24, 2.45) is 0 Å². The molecular weight excluding hydrogens is 799 g/mol. The number of benzene rings is 9. The lowest BCUT2D eigenvalue weighted by molar-refractivity contribution is 0.965. The van der Waals surface area contributed by atoms with Gasteiger partial charge in [-0.2, -0.15) is 0 Å². The van der Waals surface area contributed by atoms with Crippen LogP contribution >= 0.6 is 0 Å². The molecule has 0 unspecified atom stereocenters. The molecule has 3 heteroatoms. The summed E-state index contributed by atoms with van der Waals surface area (Å²) in [5, 5.41) is 16.0. The number of allylic oxidation sites excluding steroid dienone is 2. The van der Waals surface area contributed by atoms with Gasteiger partial charge in [-0.1, -0.05) is 171 Å². The largest absolute Gasteiger partial charge is 0.264 e. The van der Waals surface area contributed by atoms with Gasteiger partial charge < -0.3 is 0 Å². The Balaban J connectivity index is 0.000000161. The van der Waals surface area contributed by atoms with Crippen molar-refractivity contribution < 1.29 is 0 Å². The third-order valence-electron chi connectivity index (χ3n) is 13.5. The Hall–Kier alpha value is -8.53. The summed E-state index contributed by atoms with van der Waals surface area (Å²) in [5.74, 6) is 0. The monoisotopic (exact) mass is 841 g/mol. The molecular formula is C63H43N3. The van der Waals surface area contributed by atoms with Crippen LogP contribution in [0.2, 0.25) is 0 Å². The first-order chi connectivity index (χ1) is 32.6. The summed E-state index contributed by atoms with van der Waals surface area (Å²) in [6.45, 7) is 8.12. The predicted octanol–water partition coefficient (Wildman–Crippen LogP) is 14.7. The lowest BCUT2D eigenvalue weighted by Gasteiger charge is -2.20. The highest BCUT2D eigenvalue weighted by molar-refractivity contribution is 6.28. The molecule has 3 heterocycles. The molecule has 3 aromatic heterocycles. The van der Waals surface area contributed by atoms with Crippen LogP contribution in [-0.2, 0) is 6.42 Å². The Morgan fingerprint density at radius 1 is 0.455 bits per heavy atom. The first kappa shape index (κ1) is 39.1. The number of hydrogen-bond acceptors (Lipinski definition) is 3. The van der Waals surface area contributed by atoms with Crippen molar-refractivity contribution in [3.63, 3.8) is 0 Å². The fourth-order valence-electron chi connectivity index (χ4n) is 10.3. The van der Waals surface area contributed by atoms with Crippen molar-refractivity contribution >= 4 is 83.0 Å². The minimum absolute atomic E-state index is 1.02. The quantitative estimate of drug-likeness (QED) is 0.162. The van der Waals surface area contributed by atoms with Gasteiger partial charge in [0, 0.05) is 52.7 Å². The minimum Gasteiger partial charge on any atom is -0.264 e. The van der Waals surface area contributed by atoms with Gasteiger partial charge in [0.25, 0.3) is 0 Å². The topological polar surface area (TPSA) is 38.7 Å². The van der Waals surface area contributed by atoms with Crippen molar-refractivity contribution in [1.29, 1.82) is 0 Å². The van der Waals surface area contributed by atoms with Gasteiger partial charge in [-0.15, -0.1) is 0 Å². The molecule has 0 atom stereocenters. The van der Waals surface area contributed by atoms with Gasteiger partial charge in [-0.25, -0.2) is 0 Å². The van der Waals surface area contributed by atoms with Crippen LogP contribution in [0.25, 0.3) is 116 Å². The highest BCUT2D eigenvalue weighted by atomic mass is 14.6. The van der Waals surface area contributed by atoms with Crippen LogP contribution in [-0.4, -0.2) is 15.0 Å². The van der Waals surface area contributed by atoms with Gasteiger partial charge in [0.15, 0.2) is 0 Å². The van der Waals surface area contributed by atoms with Crippen LogP contribution in [0, 0.1) is 0 Å². The Kier molecular flexibility index (Phi) is 9.61. The van der Waals surface area contributed by atoms with E-state index < -0.39 is 0 Å². The molecule has 310 valence electrons. The molecule has 1 aliphatic rings. The number of aromatic nitrogens is 3. The van der Waals surface area contributed by atoms with E-state index in [9.17, 15) is 0 Å². The van der Waals surface area contributed by atoms with Crippen molar-refractivity contribution in [2.45, 2.75) is 12.8 Å². The maximum absolute atomic E-state index is 4.47. The zero-order valence-corrected chi connectivity index (χ0v) is 36.4. The summed E-state index contributed by atoms with van der Waals surface area (Å²) < 4.78 is 0. The molecule has 0 aliphatic heterocycles. The Morgan fingerprint density at radius 2 is 1.12 bits per heavy atom. The SMILES string of the molecule is C=C/C=c1/ccc2c(c1=C)CCC=C2c1cncc2ccccc12.c1cnc2ccc(-c3ccc(-c4ccc5ccc6c(-c7cccc8cnccc78)ccc7ccc4c5c76)cc3)cc2c1. The molecule has 0 bridgehead atoms. The van der Waals surface area contributed by atoms with Crippen molar-refractivity contribution in [1.82, 2.24) is 15.0 Å². The van der Waals surface area contributed by atoms with Gasteiger partial charge in [-0.3, -0.25) is 15.0 Å². The van der Waals surface area contributed by atoms with E-state index in [1.54, 1.807) is 0 Å². The highest BCUT2D eigenvalue weighted by Gasteiger charge is 2.18. The second-order valence-electron chi connectivity index (χ2n) is 17.2. The number of pyridine rings is 3. The molecule has 9 aromatic carbocycles. The normalized spacial score (nSPS) is 12.7. The summed E-state index contributed by atoms with van der Waals surface area (Å²) in [7, 11) is 0. The molecule has 0 spiro atoms. The van der Waals surface area contributed by atoms with Gasteiger partial charge >= 0.3 is 0 Å². The van der Waals surface area contributed by atoms with Gasteiger partial charge in [0.1, 0.15) is 0 Å². The Bertz CT molecular complexity index is 4020. The lowest BCUT2D eigenvalue weighted by atomic mass is 9.84. The summed E-state index contributed by atoms with van der Waals surface area (Å²) in [5.41, 5.74) is 13.5. The first-order valence-corrected chi connectivity index (χ1v) is 22.6. The lowest BCUT2D eigenvalue weighted by Crippen LogP contribution is -2.29. The van der Waals surface area contributed by atoms with E-state index >= 15 is 0 Å². The summed E-state index contributed by atoms with van der Waals surface area (Å²) >= 11 is 0. The molecule has 0 saturated carbocycles. The maximum atomic E-state index is 4.47. The zero-order valence-electron chi connectivity index (χ0n) is 36.4. The Morgan fingerprint density at radius 3 is 1.95 bits per heavy atom. The average Bonchev–Trinajstić information content (AvgIpc) is 3.38. The first-order valence-electron chi connectivity index (χ1n) is 22.6. The van der Waals surface area contributed by atoms with Crippen molar-refractivity contribution in [2.75, 3.05) is 0 Å². The fraction of sp³-hybridized carbons (Fsp3) is 0.0317. The van der Waals surface area contributed by atoms with Gasteiger partial charge in [0.2, 0.25) is 0 Å². The molecule has 12 aromatic rings. The fourth-order valence-corrected chi connectivity index (χ4v) is 10.3. The van der Waals surface area contributed by atoms with Crippen molar-refractivity contribution in [3.05, 3.63) is 241 Å². The van der Waals surface area contributed by atoms with Crippen LogP contribution in [0.5, 0.6) is 0 Å². The molecule has 3 nitrogen and oxygen atoms in total. The van der Waals surface area contributed by atoms with E-state index in [1.807, 2.05) is 49.2 Å². The van der Waals surface area contributed by atoms with E-state index in [2.05, 4.69) is 192 Å². The standard InChI is InChI=1S/C40H24N2.C23H19N/c1-3-31-24-41-22-20-33(31)34(5-1)35-16-11-28-12-17-36-32(15-10-27-13-18-37(35)40(28)39(27)36)26-8-6-25(7-9-26)29-14-19-38-30(23-29)4-2-21-42-38;1-3-7-17-12-13-22-19(16(17)2)10-6-11-21(22)23-15-24-14-18-8-4-5-9-20(18)23/h1-24H;3-5,7-9,11-15H,1-2,6,10H2/b;17-7-. The molecule has 66 heavy (non-hydrogen) atoms. The molecule has 1 aliphatic carbocycles. The number of hydrogen-bond donors (Lipinski definition) is 0. The molecule has 0 amide bonds. The summed E-state index contributed by atoms with van der Waals surface area (Å²) in [4.78, 5) is 13.3. The zero-order chi connectivity index (χ0) is 44.1. The predicted molar refractivity (Wildman–Crippen MR) is 280 cm³/mol. The van der Waals surface area contributed by atoms with Crippen LogP contribution in [0.1, 0.15) is 23.1 Å². The molecule has 13 rings (SSSR count). The van der Waals surface area contributed by atoms with E-state index in [-0.39, 0.29) is 0 Å². The number of nitrogens with zero attached hydrogens (tertiary/aromatic N) is 3. The molecule has 0 saturated heterocycles. The molecule has 0 N–H and O–H groups in total. The van der Waals surface area contributed by atoms with Crippen molar-refractivity contribution in [3.8, 4) is 33.4 Å². The number of fused-ring (bicyclic) bond motifs is 4. The summed E-state index contributed by atoms with van der Waals surface area (Å²) in [6.07, 6.45) is 17.8. The second-order valence-corrected chi connectivity index (χ2v) is 17.2. The van der Waals surface area contributed by atoms with Crippen LogP contribution < -0.4 is 10.4 Å². The van der Waals surface area contributed by atoms with Gasteiger partial charge in [-0.05, 0) is 141 Å². The number of rotatable bonds is 5. The van der Waals surface area contributed by atoms with E-state index in [4.69, 9.17) is 0 Å². The minimum atomic E-state index is 1.02. The summed E-state index contributed by atoms with van der Waals surface area (Å²) in [6, 6.07) is 59.2. The second kappa shape index (κ2) is 16.2. The Labute approximate surface area is 383 Å². The van der Waals surface area contributed by atoms with Crippen LogP contribution in [0.4, 0.5) is 0 Å². The third-order valence-corrected chi connectivity index (χ3v) is 13.5.